The molecule has 2 amide bonds. The third-order valence-electron chi connectivity index (χ3n) is 3.86. The number of halogens is 2. The van der Waals surface area contributed by atoms with Crippen LogP contribution in [0.3, 0.4) is 0 Å². The zero-order valence-electron chi connectivity index (χ0n) is 13.9. The molecule has 1 aromatic carbocycles. The van der Waals surface area contributed by atoms with Crippen molar-refractivity contribution in [3.8, 4) is 0 Å². The van der Waals surface area contributed by atoms with Gasteiger partial charge in [-0.15, -0.1) is 0 Å². The molecule has 2 rings (SSSR count). The number of nitrogens with one attached hydrogen (secondary N) is 1. The lowest BCUT2D eigenvalue weighted by Gasteiger charge is -2.21. The Morgan fingerprint density at radius 3 is 2.76 bits per heavy atom. The summed E-state index contributed by atoms with van der Waals surface area (Å²) in [4.78, 5) is 37.5. The molecule has 0 bridgehead atoms. The van der Waals surface area contributed by atoms with E-state index in [1.54, 1.807) is 12.1 Å². The van der Waals surface area contributed by atoms with Crippen molar-refractivity contribution >= 4 is 46.7 Å². The highest BCUT2D eigenvalue weighted by molar-refractivity contribution is 6.36. The van der Waals surface area contributed by atoms with Gasteiger partial charge in [-0.2, -0.15) is 0 Å². The van der Waals surface area contributed by atoms with Gasteiger partial charge in [0, 0.05) is 18.0 Å². The van der Waals surface area contributed by atoms with E-state index < -0.39 is 18.0 Å². The second-order valence-corrected chi connectivity index (χ2v) is 6.72. The van der Waals surface area contributed by atoms with Crippen LogP contribution in [0.4, 0.5) is 5.69 Å². The molecule has 1 fully saturated rings. The molecule has 1 N–H and O–H groups in total. The van der Waals surface area contributed by atoms with Crippen molar-refractivity contribution in [2.45, 2.75) is 38.7 Å². The largest absolute Gasteiger partial charge is 0.451 e. The molecule has 1 atom stereocenters. The van der Waals surface area contributed by atoms with Gasteiger partial charge in [-0.1, -0.05) is 29.6 Å². The first kappa shape index (κ1) is 19.5. The van der Waals surface area contributed by atoms with E-state index in [0.29, 0.717) is 23.7 Å². The minimum Gasteiger partial charge on any atom is -0.451 e. The zero-order chi connectivity index (χ0) is 18.4. The highest BCUT2D eigenvalue weighted by Crippen LogP contribution is 2.25. The van der Waals surface area contributed by atoms with E-state index in [4.69, 9.17) is 27.9 Å². The van der Waals surface area contributed by atoms with Crippen molar-refractivity contribution in [3.63, 3.8) is 0 Å². The minimum atomic E-state index is -1.01. The van der Waals surface area contributed by atoms with Gasteiger partial charge in [0.25, 0.3) is 5.91 Å². The van der Waals surface area contributed by atoms with Crippen molar-refractivity contribution in [2.75, 3.05) is 18.4 Å². The molecule has 0 spiro atoms. The van der Waals surface area contributed by atoms with Gasteiger partial charge in [-0.25, -0.2) is 0 Å². The van der Waals surface area contributed by atoms with Crippen LogP contribution in [0.5, 0.6) is 0 Å². The van der Waals surface area contributed by atoms with E-state index in [9.17, 15) is 14.4 Å². The fourth-order valence-corrected chi connectivity index (χ4v) is 2.93. The predicted octanol–water partition coefficient (Wildman–Crippen LogP) is 3.27. The number of benzene rings is 1. The summed E-state index contributed by atoms with van der Waals surface area (Å²) in [5, 5.41) is 3.31. The number of anilines is 1. The first-order valence-electron chi connectivity index (χ1n) is 8.10. The lowest BCUT2D eigenvalue weighted by molar-refractivity contribution is -0.156. The Bertz CT molecular complexity index is 666. The normalized spacial score (nSPS) is 16.1. The van der Waals surface area contributed by atoms with Gasteiger partial charge in [-0.05, 0) is 38.0 Å². The van der Waals surface area contributed by atoms with Crippen LogP contribution in [-0.2, 0) is 19.1 Å². The molecule has 0 aliphatic carbocycles. The summed E-state index contributed by atoms with van der Waals surface area (Å²) >= 11 is 11.8. The van der Waals surface area contributed by atoms with Crippen molar-refractivity contribution < 1.29 is 19.1 Å². The Kier molecular flexibility index (Phi) is 7.08. The number of amides is 2. The maximum absolute atomic E-state index is 12.1. The van der Waals surface area contributed by atoms with Crippen LogP contribution in [-0.4, -0.2) is 41.9 Å². The average molecular weight is 387 g/mol. The van der Waals surface area contributed by atoms with E-state index in [0.717, 1.165) is 19.3 Å². The van der Waals surface area contributed by atoms with Crippen LogP contribution < -0.4 is 5.32 Å². The Hall–Kier alpha value is -1.79. The number of carbonyl (C=O) groups excluding carboxylic acids is 3. The van der Waals surface area contributed by atoms with Crippen LogP contribution in [0.25, 0.3) is 0 Å². The van der Waals surface area contributed by atoms with Crippen molar-refractivity contribution in [3.05, 3.63) is 28.2 Å². The highest BCUT2D eigenvalue weighted by Gasteiger charge is 2.23. The molecule has 0 saturated carbocycles. The molecular formula is C17H20Cl2N2O4. The summed E-state index contributed by atoms with van der Waals surface area (Å²) in [7, 11) is 0. The summed E-state index contributed by atoms with van der Waals surface area (Å²) in [6.45, 7) is 1.86. The number of likely N-dealkylation sites (tertiary alicyclic amines) is 1. The van der Waals surface area contributed by atoms with Crippen LogP contribution in [0.2, 0.25) is 10.0 Å². The van der Waals surface area contributed by atoms with E-state index in [1.807, 2.05) is 0 Å². The van der Waals surface area contributed by atoms with Gasteiger partial charge in [0.2, 0.25) is 5.91 Å². The van der Waals surface area contributed by atoms with E-state index in [-0.39, 0.29) is 17.5 Å². The maximum atomic E-state index is 12.1. The zero-order valence-corrected chi connectivity index (χ0v) is 15.4. The molecule has 1 heterocycles. The molecule has 25 heavy (non-hydrogen) atoms. The molecule has 1 aromatic rings. The molecule has 6 nitrogen and oxygen atoms in total. The topological polar surface area (TPSA) is 75.7 Å². The summed E-state index contributed by atoms with van der Waals surface area (Å²) < 4.78 is 5.13. The average Bonchev–Trinajstić information content (AvgIpc) is 2.74. The summed E-state index contributed by atoms with van der Waals surface area (Å²) in [5.41, 5.74) is 0.377. The number of esters is 1. The van der Waals surface area contributed by atoms with Crippen LogP contribution in [0.1, 0.15) is 32.6 Å². The van der Waals surface area contributed by atoms with E-state index >= 15 is 0 Å². The number of hydrogen-bond acceptors (Lipinski definition) is 4. The number of ether oxygens (including phenoxy) is 1. The highest BCUT2D eigenvalue weighted by atomic mass is 35.5. The van der Waals surface area contributed by atoms with Crippen molar-refractivity contribution in [1.29, 1.82) is 0 Å². The molecule has 0 radical (unpaired) electrons. The first-order chi connectivity index (χ1) is 11.9. The third-order valence-corrected chi connectivity index (χ3v) is 4.41. The quantitative estimate of drug-likeness (QED) is 0.787. The van der Waals surface area contributed by atoms with Gasteiger partial charge in [-0.3, -0.25) is 14.4 Å². The number of rotatable bonds is 5. The Labute approximate surface area is 156 Å². The summed E-state index contributed by atoms with van der Waals surface area (Å²) in [6, 6.07) is 4.65. The molecule has 1 saturated heterocycles. The molecule has 1 aliphatic heterocycles. The molecule has 0 unspecified atom stereocenters. The molecule has 8 heteroatoms. The second-order valence-electron chi connectivity index (χ2n) is 5.87. The third kappa shape index (κ3) is 5.90. The van der Waals surface area contributed by atoms with Crippen molar-refractivity contribution in [1.82, 2.24) is 4.90 Å². The fraction of sp³-hybridized carbons (Fsp3) is 0.471. The smallest absolute Gasteiger partial charge is 0.326 e. The first-order valence-corrected chi connectivity index (χ1v) is 8.85. The maximum Gasteiger partial charge on any atom is 0.326 e. The Morgan fingerprint density at radius 1 is 1.28 bits per heavy atom. The molecule has 1 aliphatic rings. The molecule has 136 valence electrons. The Morgan fingerprint density at radius 2 is 2.04 bits per heavy atom. The lowest BCUT2D eigenvalue weighted by atomic mass is 10.2. The molecular weight excluding hydrogens is 367 g/mol. The van der Waals surface area contributed by atoms with Gasteiger partial charge in [0.05, 0.1) is 10.7 Å². The minimum absolute atomic E-state index is 0.0560. The number of carbonyl (C=O) groups is 3. The van der Waals surface area contributed by atoms with E-state index in [2.05, 4.69) is 5.32 Å². The summed E-state index contributed by atoms with van der Waals surface area (Å²) in [5.74, 6) is -1.18. The molecule has 0 aromatic heterocycles. The number of hydrogen-bond donors (Lipinski definition) is 1. The second kappa shape index (κ2) is 9.06. The van der Waals surface area contributed by atoms with Gasteiger partial charge >= 0.3 is 5.97 Å². The van der Waals surface area contributed by atoms with E-state index in [1.165, 1.54) is 17.9 Å². The fourth-order valence-electron chi connectivity index (χ4n) is 2.47. The van der Waals surface area contributed by atoms with Crippen molar-refractivity contribution in [2.24, 2.45) is 0 Å². The summed E-state index contributed by atoms with van der Waals surface area (Å²) in [6.07, 6.45) is 2.10. The van der Waals surface area contributed by atoms with Gasteiger partial charge in [0.1, 0.15) is 6.54 Å². The monoisotopic (exact) mass is 386 g/mol. The standard InChI is InChI=1S/C17H20Cl2N2O4/c1-11(17(24)20-14-7-6-12(18)9-13(14)19)25-16(23)10-21-8-4-2-3-5-15(21)22/h6-7,9,11H,2-5,8,10H2,1H3,(H,20,24)/t11-/m1/s1. The lowest BCUT2D eigenvalue weighted by Crippen LogP contribution is -2.38. The van der Waals surface area contributed by atoms with Gasteiger partial charge < -0.3 is 15.0 Å². The predicted molar refractivity (Wildman–Crippen MR) is 95.7 cm³/mol. The number of nitrogens with zero attached hydrogens (tertiary/aromatic N) is 1. The van der Waals surface area contributed by atoms with Crippen LogP contribution in [0.15, 0.2) is 18.2 Å². The van der Waals surface area contributed by atoms with Gasteiger partial charge in [0.15, 0.2) is 6.10 Å². The Balaban J connectivity index is 1.87. The van der Waals surface area contributed by atoms with Crippen LogP contribution in [0, 0.1) is 0 Å². The SMILES string of the molecule is C[C@@H](OC(=O)CN1CCCCCC1=O)C(=O)Nc1ccc(Cl)cc1Cl. The van der Waals surface area contributed by atoms with Crippen LogP contribution >= 0.6 is 23.2 Å².